The van der Waals surface area contributed by atoms with Crippen LogP contribution in [-0.4, -0.2) is 45.9 Å². The van der Waals surface area contributed by atoms with Crippen LogP contribution in [0.1, 0.15) is 41.5 Å². The van der Waals surface area contributed by atoms with Crippen molar-refractivity contribution in [1.82, 2.24) is 19.8 Å². The van der Waals surface area contributed by atoms with Crippen molar-refractivity contribution in [3.63, 3.8) is 0 Å². The Balaban J connectivity index is 0.00000160. The van der Waals surface area contributed by atoms with Crippen LogP contribution in [-0.2, 0) is 0 Å². The van der Waals surface area contributed by atoms with Gasteiger partial charge in [-0.05, 0) is 49.2 Å². The van der Waals surface area contributed by atoms with Crippen molar-refractivity contribution in [3.8, 4) is 11.4 Å². The Kier molecular flexibility index (Phi) is 12.0. The standard InChI is InChI=1S/C29H31ClN4.3ClH/c1-21-27(32-29(31-21)25-13-15-26(30)16-14-25)22(2)33-17-19-34(20-18-33)28(23-9-5-3-6-10-23)24-11-7-4-8-12-24;;;/h3-16,22,28H,17-20H2,1-2H3,(H,31,32);3*1H. The second-order valence-corrected chi connectivity index (χ2v) is 9.51. The SMILES string of the molecule is Cc1[nH]c(-c2ccc(Cl)cc2)nc1C(C)N1CCN(C(c2ccccc2)c2ccccc2)CC1.Cl.Cl.Cl. The zero-order valence-electron chi connectivity index (χ0n) is 21.0. The van der Waals surface area contributed by atoms with Crippen molar-refractivity contribution in [2.24, 2.45) is 0 Å². The smallest absolute Gasteiger partial charge is 0.137 e. The third-order valence-electron chi connectivity index (χ3n) is 6.93. The molecule has 0 saturated carbocycles. The molecule has 0 spiro atoms. The van der Waals surface area contributed by atoms with Crippen molar-refractivity contribution in [2.75, 3.05) is 26.2 Å². The first-order chi connectivity index (χ1) is 16.6. The first-order valence-electron chi connectivity index (χ1n) is 12.0. The molecule has 0 bridgehead atoms. The van der Waals surface area contributed by atoms with Gasteiger partial charge in [0.25, 0.3) is 0 Å². The summed E-state index contributed by atoms with van der Waals surface area (Å²) in [5, 5.41) is 0.739. The van der Waals surface area contributed by atoms with Crippen LogP contribution in [0, 0.1) is 6.92 Å². The van der Waals surface area contributed by atoms with E-state index in [0.717, 1.165) is 54.0 Å². The van der Waals surface area contributed by atoms with Gasteiger partial charge in [0, 0.05) is 42.5 Å². The fourth-order valence-electron chi connectivity index (χ4n) is 5.07. The van der Waals surface area contributed by atoms with Gasteiger partial charge >= 0.3 is 0 Å². The molecule has 4 nitrogen and oxygen atoms in total. The second-order valence-electron chi connectivity index (χ2n) is 9.07. The molecule has 8 heteroatoms. The number of aromatic nitrogens is 2. The summed E-state index contributed by atoms with van der Waals surface area (Å²) in [5.74, 6) is 0.905. The highest BCUT2D eigenvalue weighted by atomic mass is 35.5. The number of aromatic amines is 1. The maximum atomic E-state index is 6.06. The molecule has 0 aliphatic carbocycles. The molecule has 0 radical (unpaired) electrons. The van der Waals surface area contributed by atoms with Crippen LogP contribution in [0.2, 0.25) is 5.02 Å². The van der Waals surface area contributed by atoms with Crippen LogP contribution in [0.3, 0.4) is 0 Å². The molecule has 4 aromatic rings. The highest BCUT2D eigenvalue weighted by molar-refractivity contribution is 6.30. The Morgan fingerprint density at radius 3 is 1.73 bits per heavy atom. The van der Waals surface area contributed by atoms with E-state index in [9.17, 15) is 0 Å². The Morgan fingerprint density at radius 1 is 0.730 bits per heavy atom. The average Bonchev–Trinajstić information content (AvgIpc) is 3.27. The number of aryl methyl sites for hydroxylation is 1. The first-order valence-corrected chi connectivity index (χ1v) is 12.4. The van der Waals surface area contributed by atoms with Gasteiger partial charge in [0.1, 0.15) is 5.82 Å². The van der Waals surface area contributed by atoms with Gasteiger partial charge in [-0.2, -0.15) is 0 Å². The van der Waals surface area contributed by atoms with Gasteiger partial charge in [-0.15, -0.1) is 37.2 Å². The maximum Gasteiger partial charge on any atom is 0.137 e. The Morgan fingerprint density at radius 2 is 1.22 bits per heavy atom. The van der Waals surface area contributed by atoms with Crippen molar-refractivity contribution in [2.45, 2.75) is 25.9 Å². The van der Waals surface area contributed by atoms with Crippen LogP contribution in [0.5, 0.6) is 0 Å². The molecular weight excluding hydrogens is 546 g/mol. The summed E-state index contributed by atoms with van der Waals surface area (Å²) in [5.41, 5.74) is 6.02. The summed E-state index contributed by atoms with van der Waals surface area (Å²) in [6.45, 7) is 8.46. The average molecular weight is 580 g/mol. The van der Waals surface area contributed by atoms with E-state index in [1.54, 1.807) is 0 Å². The van der Waals surface area contributed by atoms with Gasteiger partial charge in [-0.3, -0.25) is 9.80 Å². The molecule has 3 aromatic carbocycles. The minimum atomic E-state index is 0. The molecule has 37 heavy (non-hydrogen) atoms. The van der Waals surface area contributed by atoms with Gasteiger partial charge in [0.05, 0.1) is 17.8 Å². The molecular formula is C29H34Cl4N4. The third-order valence-corrected chi connectivity index (χ3v) is 7.18. The summed E-state index contributed by atoms with van der Waals surface area (Å²) in [6.07, 6.45) is 0. The number of nitrogens with one attached hydrogen (secondary N) is 1. The van der Waals surface area contributed by atoms with Crippen LogP contribution >= 0.6 is 48.8 Å². The largest absolute Gasteiger partial charge is 0.342 e. The zero-order chi connectivity index (χ0) is 23.5. The van der Waals surface area contributed by atoms with Crippen LogP contribution in [0.15, 0.2) is 84.9 Å². The van der Waals surface area contributed by atoms with Gasteiger partial charge in [0.15, 0.2) is 0 Å². The molecule has 1 aliphatic rings. The normalized spacial score (nSPS) is 14.8. The van der Waals surface area contributed by atoms with Crippen molar-refractivity contribution >= 4 is 48.8 Å². The van der Waals surface area contributed by atoms with E-state index in [1.165, 1.54) is 11.1 Å². The van der Waals surface area contributed by atoms with Gasteiger partial charge in [0.2, 0.25) is 0 Å². The molecule has 1 aromatic heterocycles. The van der Waals surface area contributed by atoms with E-state index in [-0.39, 0.29) is 49.3 Å². The van der Waals surface area contributed by atoms with E-state index in [1.807, 2.05) is 24.3 Å². The number of nitrogens with zero attached hydrogens (tertiary/aromatic N) is 3. The van der Waals surface area contributed by atoms with Crippen molar-refractivity contribution < 1.29 is 0 Å². The fourth-order valence-corrected chi connectivity index (χ4v) is 5.19. The summed E-state index contributed by atoms with van der Waals surface area (Å²) < 4.78 is 0. The molecule has 1 unspecified atom stereocenters. The lowest BCUT2D eigenvalue weighted by atomic mass is 9.96. The number of imidazole rings is 1. The molecule has 1 fully saturated rings. The molecule has 1 aliphatic heterocycles. The van der Waals surface area contributed by atoms with E-state index >= 15 is 0 Å². The minimum absolute atomic E-state index is 0. The quantitative estimate of drug-likeness (QED) is 0.253. The number of benzene rings is 3. The Labute approximate surface area is 243 Å². The minimum Gasteiger partial charge on any atom is -0.342 e. The van der Waals surface area contributed by atoms with Crippen molar-refractivity contribution in [1.29, 1.82) is 0 Å². The number of H-pyrrole nitrogens is 1. The van der Waals surface area contributed by atoms with Gasteiger partial charge in [-0.25, -0.2) is 4.98 Å². The lowest BCUT2D eigenvalue weighted by Crippen LogP contribution is -2.48. The predicted octanol–water partition coefficient (Wildman–Crippen LogP) is 7.77. The van der Waals surface area contributed by atoms with E-state index in [0.29, 0.717) is 0 Å². The Hall–Kier alpha value is -2.05. The number of rotatable bonds is 6. The summed E-state index contributed by atoms with van der Waals surface area (Å²) in [6, 6.07) is 30.1. The monoisotopic (exact) mass is 578 g/mol. The second kappa shape index (κ2) is 14.2. The molecule has 198 valence electrons. The van der Waals surface area contributed by atoms with Crippen molar-refractivity contribution in [3.05, 3.63) is 112 Å². The fraction of sp³-hybridized carbons (Fsp3) is 0.276. The highest BCUT2D eigenvalue weighted by Crippen LogP contribution is 2.32. The Bertz CT molecular complexity index is 1170. The van der Waals surface area contributed by atoms with E-state index < -0.39 is 0 Å². The maximum absolute atomic E-state index is 6.06. The number of hydrogen-bond donors (Lipinski definition) is 1. The molecule has 2 heterocycles. The van der Waals surface area contributed by atoms with Gasteiger partial charge < -0.3 is 4.98 Å². The highest BCUT2D eigenvalue weighted by Gasteiger charge is 2.29. The number of piperazine rings is 1. The van der Waals surface area contributed by atoms with Crippen LogP contribution in [0.25, 0.3) is 11.4 Å². The zero-order valence-corrected chi connectivity index (χ0v) is 24.2. The predicted molar refractivity (Wildman–Crippen MR) is 162 cm³/mol. The summed E-state index contributed by atoms with van der Waals surface area (Å²) >= 11 is 6.06. The molecule has 1 atom stereocenters. The molecule has 5 rings (SSSR count). The number of hydrogen-bond acceptors (Lipinski definition) is 3. The van der Waals surface area contributed by atoms with Gasteiger partial charge in [-0.1, -0.05) is 72.3 Å². The van der Waals surface area contributed by atoms with E-state index in [4.69, 9.17) is 16.6 Å². The topological polar surface area (TPSA) is 35.2 Å². The van der Waals surface area contributed by atoms with Crippen LogP contribution in [0.4, 0.5) is 0 Å². The van der Waals surface area contributed by atoms with Crippen LogP contribution < -0.4 is 0 Å². The first kappa shape index (κ1) is 31.2. The number of halogens is 4. The third kappa shape index (κ3) is 7.08. The van der Waals surface area contributed by atoms with E-state index in [2.05, 4.69) is 89.3 Å². The molecule has 1 saturated heterocycles. The summed E-state index contributed by atoms with van der Waals surface area (Å²) in [4.78, 5) is 13.6. The molecule has 0 amide bonds. The lowest BCUT2D eigenvalue weighted by molar-refractivity contribution is 0.0826. The lowest BCUT2D eigenvalue weighted by Gasteiger charge is -2.41. The molecule has 1 N–H and O–H groups in total. The summed E-state index contributed by atoms with van der Waals surface area (Å²) in [7, 11) is 0.